The Morgan fingerprint density at radius 2 is 1.87 bits per heavy atom. The molecule has 0 bridgehead atoms. The predicted octanol–water partition coefficient (Wildman–Crippen LogP) is 4.71. The lowest BCUT2D eigenvalue weighted by atomic mass is 10.1. The lowest BCUT2D eigenvalue weighted by molar-refractivity contribution is -0.116. The van der Waals surface area contributed by atoms with Gasteiger partial charge in [-0.05, 0) is 50.4 Å². The van der Waals surface area contributed by atoms with Crippen LogP contribution in [0.25, 0.3) is 5.57 Å². The van der Waals surface area contributed by atoms with E-state index in [0.717, 1.165) is 42.7 Å². The van der Waals surface area contributed by atoms with E-state index in [1.807, 2.05) is 43.3 Å². The Labute approximate surface area is 181 Å². The highest BCUT2D eigenvalue weighted by molar-refractivity contribution is 5.98. The molecule has 0 radical (unpaired) electrons. The van der Waals surface area contributed by atoms with Gasteiger partial charge in [-0.25, -0.2) is 0 Å². The first kappa shape index (κ1) is 25.1. The van der Waals surface area contributed by atoms with Gasteiger partial charge in [-0.15, -0.1) is 0 Å². The predicted molar refractivity (Wildman–Crippen MR) is 129 cm³/mol. The van der Waals surface area contributed by atoms with E-state index in [2.05, 4.69) is 36.1 Å². The first-order valence-corrected chi connectivity index (χ1v) is 10.6. The van der Waals surface area contributed by atoms with E-state index in [1.165, 1.54) is 0 Å². The number of benzene rings is 1. The number of amides is 1. The zero-order chi connectivity index (χ0) is 22.4. The summed E-state index contributed by atoms with van der Waals surface area (Å²) in [5.41, 5.74) is 10.4. The van der Waals surface area contributed by atoms with Crippen LogP contribution in [-0.2, 0) is 4.79 Å². The Morgan fingerprint density at radius 1 is 1.17 bits per heavy atom. The fourth-order valence-electron chi connectivity index (χ4n) is 2.68. The quantitative estimate of drug-likeness (QED) is 0.203. The lowest BCUT2D eigenvalue weighted by Crippen LogP contribution is -2.28. The molecule has 5 heteroatoms. The molecule has 1 amide bonds. The standard InChI is InChI=1S/C25H36N4O/c1-6-12-22(18-27-17-7-2)29-24(8-3)25(30)28-20(5)23(26)16-15-19(4)21-13-10-9-11-14-21/h8-11,13-16,27H,5-7,12,17-18,26H2,1-4H3,(H,28,30)/b19-15+,23-16+,24-8-,29-22+. The van der Waals surface area contributed by atoms with E-state index in [-0.39, 0.29) is 5.91 Å². The van der Waals surface area contributed by atoms with Crippen LogP contribution >= 0.6 is 0 Å². The topological polar surface area (TPSA) is 79.5 Å². The van der Waals surface area contributed by atoms with Gasteiger partial charge >= 0.3 is 0 Å². The van der Waals surface area contributed by atoms with Crippen LogP contribution in [0.15, 0.2) is 77.2 Å². The Bertz CT molecular complexity index is 817. The van der Waals surface area contributed by atoms with E-state index in [0.29, 0.717) is 23.6 Å². The molecule has 1 aromatic carbocycles. The van der Waals surface area contributed by atoms with Gasteiger partial charge in [0.05, 0.1) is 11.4 Å². The molecule has 0 aliphatic heterocycles. The van der Waals surface area contributed by atoms with Crippen LogP contribution in [0.1, 0.15) is 52.5 Å². The van der Waals surface area contributed by atoms with Crippen LogP contribution in [0.3, 0.4) is 0 Å². The highest BCUT2D eigenvalue weighted by Gasteiger charge is 2.11. The number of nitrogens with one attached hydrogen (secondary N) is 2. The number of hydrogen-bond donors (Lipinski definition) is 3. The number of nitrogens with zero attached hydrogens (tertiary/aromatic N) is 1. The summed E-state index contributed by atoms with van der Waals surface area (Å²) in [7, 11) is 0. The summed E-state index contributed by atoms with van der Waals surface area (Å²) in [5, 5.41) is 6.10. The number of aliphatic imine (C=N–C) groups is 1. The van der Waals surface area contributed by atoms with Gasteiger partial charge < -0.3 is 16.4 Å². The summed E-state index contributed by atoms with van der Waals surface area (Å²) in [4.78, 5) is 17.2. The number of nitrogens with two attached hydrogens (primary N) is 1. The van der Waals surface area contributed by atoms with Crippen LogP contribution in [0.5, 0.6) is 0 Å². The number of carbonyl (C=O) groups is 1. The van der Waals surface area contributed by atoms with E-state index >= 15 is 0 Å². The SMILES string of the molecule is C=C(NC(=O)C(=C/C)/N=C(\CCC)CNCCC)/C(N)=C\C=C(/C)c1ccccc1. The van der Waals surface area contributed by atoms with Gasteiger partial charge in [0.2, 0.25) is 0 Å². The van der Waals surface area contributed by atoms with Crippen molar-refractivity contribution < 1.29 is 4.79 Å². The van der Waals surface area contributed by atoms with Crippen molar-refractivity contribution in [2.75, 3.05) is 13.1 Å². The first-order valence-electron chi connectivity index (χ1n) is 10.6. The molecule has 4 N–H and O–H groups in total. The average molecular weight is 409 g/mol. The van der Waals surface area contributed by atoms with Crippen LogP contribution < -0.4 is 16.4 Å². The molecule has 0 heterocycles. The molecular weight excluding hydrogens is 372 g/mol. The van der Waals surface area contributed by atoms with Crippen molar-refractivity contribution in [1.29, 1.82) is 0 Å². The summed E-state index contributed by atoms with van der Waals surface area (Å²) >= 11 is 0. The third kappa shape index (κ3) is 9.05. The van der Waals surface area contributed by atoms with Crippen molar-refractivity contribution >= 4 is 17.2 Å². The average Bonchev–Trinajstić information content (AvgIpc) is 2.75. The molecule has 0 unspecified atom stereocenters. The van der Waals surface area contributed by atoms with Gasteiger partial charge in [-0.1, -0.05) is 69.3 Å². The fraction of sp³-hybridized carbons (Fsp3) is 0.360. The van der Waals surface area contributed by atoms with E-state index < -0.39 is 0 Å². The molecule has 0 saturated heterocycles. The normalized spacial score (nSPS) is 13.3. The van der Waals surface area contributed by atoms with Crippen molar-refractivity contribution in [1.82, 2.24) is 10.6 Å². The smallest absolute Gasteiger partial charge is 0.273 e. The van der Waals surface area contributed by atoms with E-state index in [9.17, 15) is 4.79 Å². The minimum atomic E-state index is -0.313. The monoisotopic (exact) mass is 408 g/mol. The number of allylic oxidation sites excluding steroid dienone is 4. The molecule has 5 nitrogen and oxygen atoms in total. The highest BCUT2D eigenvalue weighted by atomic mass is 16.2. The third-order valence-electron chi connectivity index (χ3n) is 4.43. The summed E-state index contributed by atoms with van der Waals surface area (Å²) in [6.45, 7) is 13.5. The number of hydrogen-bond acceptors (Lipinski definition) is 4. The van der Waals surface area contributed by atoms with E-state index in [1.54, 1.807) is 19.1 Å². The Morgan fingerprint density at radius 3 is 2.47 bits per heavy atom. The van der Waals surface area contributed by atoms with Crippen molar-refractivity contribution in [2.45, 2.75) is 47.0 Å². The van der Waals surface area contributed by atoms with Gasteiger partial charge in [0.15, 0.2) is 0 Å². The maximum Gasteiger partial charge on any atom is 0.273 e. The molecule has 1 aromatic rings. The Balaban J connectivity index is 2.82. The van der Waals surface area contributed by atoms with Crippen molar-refractivity contribution in [3.63, 3.8) is 0 Å². The molecular formula is C25H36N4O. The van der Waals surface area contributed by atoms with Crippen LogP contribution in [-0.4, -0.2) is 24.7 Å². The lowest BCUT2D eigenvalue weighted by Gasteiger charge is -2.11. The molecule has 0 aliphatic carbocycles. The molecule has 30 heavy (non-hydrogen) atoms. The largest absolute Gasteiger partial charge is 0.397 e. The maximum atomic E-state index is 12.7. The second kappa shape index (κ2) is 14.1. The summed E-state index contributed by atoms with van der Waals surface area (Å²) in [5.74, 6) is -0.313. The summed E-state index contributed by atoms with van der Waals surface area (Å²) in [6.07, 6.45) is 8.24. The van der Waals surface area contributed by atoms with Crippen LogP contribution in [0, 0.1) is 0 Å². The first-order chi connectivity index (χ1) is 14.4. The summed E-state index contributed by atoms with van der Waals surface area (Å²) in [6, 6.07) is 10.0. The molecule has 0 aliphatic rings. The molecule has 162 valence electrons. The van der Waals surface area contributed by atoms with E-state index in [4.69, 9.17) is 5.73 Å². The zero-order valence-corrected chi connectivity index (χ0v) is 18.8. The van der Waals surface area contributed by atoms with Crippen molar-refractivity contribution in [3.8, 4) is 0 Å². The molecule has 0 atom stereocenters. The Kier molecular flexibility index (Phi) is 11.8. The van der Waals surface area contributed by atoms with Crippen LogP contribution in [0.4, 0.5) is 0 Å². The minimum Gasteiger partial charge on any atom is -0.397 e. The Hall–Kier alpha value is -2.92. The fourth-order valence-corrected chi connectivity index (χ4v) is 2.68. The van der Waals surface area contributed by atoms with Gasteiger partial charge in [-0.2, -0.15) is 0 Å². The van der Waals surface area contributed by atoms with Crippen molar-refractivity contribution in [3.05, 3.63) is 77.8 Å². The van der Waals surface area contributed by atoms with Crippen molar-refractivity contribution in [2.24, 2.45) is 10.7 Å². The minimum absolute atomic E-state index is 0.313. The highest BCUT2D eigenvalue weighted by Crippen LogP contribution is 2.13. The van der Waals surface area contributed by atoms with Gasteiger partial charge in [0.1, 0.15) is 5.70 Å². The molecule has 0 spiro atoms. The molecule has 0 aromatic heterocycles. The van der Waals surface area contributed by atoms with Gasteiger partial charge in [0, 0.05) is 12.3 Å². The molecule has 0 saturated carbocycles. The molecule has 1 rings (SSSR count). The zero-order valence-electron chi connectivity index (χ0n) is 18.8. The van der Waals surface area contributed by atoms with Gasteiger partial charge in [0.25, 0.3) is 5.91 Å². The maximum absolute atomic E-state index is 12.7. The number of carbonyl (C=O) groups excluding carboxylic acids is 1. The second-order valence-corrected chi connectivity index (χ2v) is 7.05. The van der Waals surface area contributed by atoms with Crippen LogP contribution in [0.2, 0.25) is 0 Å². The molecule has 0 fully saturated rings. The number of rotatable bonds is 12. The second-order valence-electron chi connectivity index (χ2n) is 7.05. The summed E-state index contributed by atoms with van der Waals surface area (Å²) < 4.78 is 0. The van der Waals surface area contributed by atoms with Gasteiger partial charge in [-0.3, -0.25) is 9.79 Å². The third-order valence-corrected chi connectivity index (χ3v) is 4.43.